The van der Waals surface area contributed by atoms with E-state index in [2.05, 4.69) is 4.98 Å². The molecule has 0 spiro atoms. The predicted octanol–water partition coefficient (Wildman–Crippen LogP) is 1.51. The van der Waals surface area contributed by atoms with Gasteiger partial charge in [-0.3, -0.25) is 0 Å². The van der Waals surface area contributed by atoms with Crippen molar-refractivity contribution in [3.63, 3.8) is 0 Å². The van der Waals surface area contributed by atoms with E-state index in [1.807, 2.05) is 0 Å². The van der Waals surface area contributed by atoms with Gasteiger partial charge in [0.2, 0.25) is 0 Å². The first-order valence-electron chi connectivity index (χ1n) is 3.70. The highest BCUT2D eigenvalue weighted by molar-refractivity contribution is 6.29. The summed E-state index contributed by atoms with van der Waals surface area (Å²) >= 11 is 5.60. The number of aromatic nitrogens is 1. The number of epoxide rings is 1. The molecule has 64 valence electrons. The summed E-state index contributed by atoms with van der Waals surface area (Å²) in [4.78, 5) is 3.88. The minimum absolute atomic E-state index is 0.278. The molecular weight excluding hydrogens is 178 g/mol. The second-order valence-electron chi connectivity index (χ2n) is 2.58. The quantitative estimate of drug-likeness (QED) is 0.529. The van der Waals surface area contributed by atoms with Crippen LogP contribution in [0.25, 0.3) is 0 Å². The summed E-state index contributed by atoms with van der Waals surface area (Å²) in [6.45, 7) is 1.41. The highest BCUT2D eigenvalue weighted by Crippen LogP contribution is 2.15. The summed E-state index contributed by atoms with van der Waals surface area (Å²) in [6.07, 6.45) is 1.88. The Kier molecular flexibility index (Phi) is 2.15. The third-order valence-corrected chi connectivity index (χ3v) is 1.76. The summed E-state index contributed by atoms with van der Waals surface area (Å²) in [5.74, 6) is 0.731. The van der Waals surface area contributed by atoms with Gasteiger partial charge in [0.15, 0.2) is 0 Å². The number of hydrogen-bond donors (Lipinski definition) is 0. The smallest absolute Gasteiger partial charge is 0.137 e. The Morgan fingerprint density at radius 2 is 2.50 bits per heavy atom. The van der Waals surface area contributed by atoms with Crippen LogP contribution in [0.4, 0.5) is 0 Å². The Bertz CT molecular complexity index is 258. The predicted molar refractivity (Wildman–Crippen MR) is 44.5 cm³/mol. The van der Waals surface area contributed by atoms with Gasteiger partial charge in [0, 0.05) is 0 Å². The van der Waals surface area contributed by atoms with Crippen LogP contribution in [0.3, 0.4) is 0 Å². The van der Waals surface area contributed by atoms with Crippen LogP contribution < -0.4 is 4.74 Å². The standard InChI is InChI=1S/C8H8ClNO2/c9-8-2-1-6(3-10-8)11-4-7-5-12-7/h1-3,7H,4-5H2/t7-/m1/s1. The van der Waals surface area contributed by atoms with Crippen molar-refractivity contribution in [2.24, 2.45) is 0 Å². The fraction of sp³-hybridized carbons (Fsp3) is 0.375. The highest BCUT2D eigenvalue weighted by atomic mass is 35.5. The van der Waals surface area contributed by atoms with E-state index in [0.29, 0.717) is 11.8 Å². The molecule has 1 aromatic heterocycles. The Balaban J connectivity index is 1.89. The van der Waals surface area contributed by atoms with Crippen LogP contribution in [0.1, 0.15) is 0 Å². The molecular formula is C8H8ClNO2. The Hall–Kier alpha value is -0.800. The fourth-order valence-electron chi connectivity index (χ4n) is 0.801. The van der Waals surface area contributed by atoms with Crippen LogP contribution in [-0.4, -0.2) is 24.3 Å². The molecule has 0 amide bonds. The van der Waals surface area contributed by atoms with Crippen molar-refractivity contribution in [3.8, 4) is 5.75 Å². The molecule has 2 rings (SSSR count). The van der Waals surface area contributed by atoms with Crippen molar-refractivity contribution in [1.29, 1.82) is 0 Å². The SMILES string of the molecule is Clc1ccc(OC[C@@H]2CO2)cn1. The van der Waals surface area contributed by atoms with Gasteiger partial charge < -0.3 is 9.47 Å². The molecule has 0 aromatic carbocycles. The van der Waals surface area contributed by atoms with Crippen molar-refractivity contribution in [3.05, 3.63) is 23.5 Å². The van der Waals surface area contributed by atoms with E-state index in [1.165, 1.54) is 0 Å². The van der Waals surface area contributed by atoms with Crippen LogP contribution in [0, 0.1) is 0 Å². The Morgan fingerprint density at radius 3 is 3.08 bits per heavy atom. The zero-order valence-electron chi connectivity index (χ0n) is 6.37. The number of ether oxygens (including phenoxy) is 2. The van der Waals surface area contributed by atoms with Gasteiger partial charge in [-0.1, -0.05) is 11.6 Å². The zero-order chi connectivity index (χ0) is 8.39. The van der Waals surface area contributed by atoms with Gasteiger partial charge in [0.1, 0.15) is 23.6 Å². The average molecular weight is 186 g/mol. The summed E-state index contributed by atoms with van der Waals surface area (Å²) in [7, 11) is 0. The third kappa shape index (κ3) is 2.09. The molecule has 1 aromatic rings. The molecule has 2 heterocycles. The van der Waals surface area contributed by atoms with Gasteiger partial charge in [0.05, 0.1) is 12.8 Å². The third-order valence-electron chi connectivity index (χ3n) is 1.54. The molecule has 4 heteroatoms. The van der Waals surface area contributed by atoms with Crippen molar-refractivity contribution >= 4 is 11.6 Å². The summed E-state index contributed by atoms with van der Waals surface area (Å²) in [6, 6.07) is 3.49. The van der Waals surface area contributed by atoms with Crippen LogP contribution in [-0.2, 0) is 4.74 Å². The number of pyridine rings is 1. The molecule has 0 bridgehead atoms. The van der Waals surface area contributed by atoms with Gasteiger partial charge in [-0.05, 0) is 12.1 Å². The first-order valence-corrected chi connectivity index (χ1v) is 4.08. The van der Waals surface area contributed by atoms with E-state index in [0.717, 1.165) is 12.4 Å². The maximum atomic E-state index is 5.60. The van der Waals surface area contributed by atoms with Crippen molar-refractivity contribution in [2.75, 3.05) is 13.2 Å². The summed E-state index contributed by atoms with van der Waals surface area (Å²) in [5.41, 5.74) is 0. The van der Waals surface area contributed by atoms with E-state index >= 15 is 0 Å². The lowest BCUT2D eigenvalue weighted by atomic mass is 10.4. The lowest BCUT2D eigenvalue weighted by Crippen LogP contribution is -2.03. The van der Waals surface area contributed by atoms with Crippen molar-refractivity contribution < 1.29 is 9.47 Å². The topological polar surface area (TPSA) is 34.6 Å². The number of rotatable bonds is 3. The highest BCUT2D eigenvalue weighted by Gasteiger charge is 2.22. The molecule has 0 aliphatic carbocycles. The van der Waals surface area contributed by atoms with E-state index in [-0.39, 0.29) is 6.10 Å². The molecule has 0 radical (unpaired) electrons. The normalized spacial score (nSPS) is 20.6. The zero-order valence-corrected chi connectivity index (χ0v) is 7.12. The maximum absolute atomic E-state index is 5.60. The number of nitrogens with zero attached hydrogens (tertiary/aromatic N) is 1. The Labute approximate surface area is 75.3 Å². The van der Waals surface area contributed by atoms with Crippen LogP contribution in [0.5, 0.6) is 5.75 Å². The van der Waals surface area contributed by atoms with E-state index in [9.17, 15) is 0 Å². The maximum Gasteiger partial charge on any atom is 0.137 e. The molecule has 0 N–H and O–H groups in total. The lowest BCUT2D eigenvalue weighted by molar-refractivity contribution is 0.262. The van der Waals surface area contributed by atoms with Gasteiger partial charge >= 0.3 is 0 Å². The van der Waals surface area contributed by atoms with E-state index < -0.39 is 0 Å². The Morgan fingerprint density at radius 1 is 1.67 bits per heavy atom. The summed E-state index contributed by atoms with van der Waals surface area (Å²) in [5, 5.41) is 0.477. The molecule has 1 aliphatic heterocycles. The van der Waals surface area contributed by atoms with Gasteiger partial charge in [-0.2, -0.15) is 0 Å². The monoisotopic (exact) mass is 185 g/mol. The van der Waals surface area contributed by atoms with Gasteiger partial charge in [-0.25, -0.2) is 4.98 Å². The molecule has 1 fully saturated rings. The average Bonchev–Trinajstić information content (AvgIpc) is 2.87. The molecule has 0 unspecified atom stereocenters. The van der Waals surface area contributed by atoms with Crippen LogP contribution in [0.15, 0.2) is 18.3 Å². The molecule has 12 heavy (non-hydrogen) atoms. The van der Waals surface area contributed by atoms with Gasteiger partial charge in [0.25, 0.3) is 0 Å². The minimum atomic E-state index is 0.278. The van der Waals surface area contributed by atoms with Crippen molar-refractivity contribution in [1.82, 2.24) is 4.98 Å². The molecule has 3 nitrogen and oxygen atoms in total. The second kappa shape index (κ2) is 3.29. The lowest BCUT2D eigenvalue weighted by Gasteiger charge is -2.01. The minimum Gasteiger partial charge on any atom is -0.489 e. The van der Waals surface area contributed by atoms with Crippen molar-refractivity contribution in [2.45, 2.75) is 6.10 Å². The molecule has 0 saturated carbocycles. The summed E-state index contributed by atoms with van der Waals surface area (Å²) < 4.78 is 10.3. The first-order chi connectivity index (χ1) is 5.84. The fourth-order valence-corrected chi connectivity index (χ4v) is 0.913. The molecule has 1 atom stereocenters. The van der Waals surface area contributed by atoms with Crippen LogP contribution >= 0.6 is 11.6 Å². The van der Waals surface area contributed by atoms with Gasteiger partial charge in [-0.15, -0.1) is 0 Å². The van der Waals surface area contributed by atoms with Crippen LogP contribution in [0.2, 0.25) is 5.15 Å². The van der Waals surface area contributed by atoms with E-state index in [4.69, 9.17) is 21.1 Å². The largest absolute Gasteiger partial charge is 0.489 e. The van der Waals surface area contributed by atoms with E-state index in [1.54, 1.807) is 18.3 Å². The number of hydrogen-bond acceptors (Lipinski definition) is 3. The first kappa shape index (κ1) is 7.83. The second-order valence-corrected chi connectivity index (χ2v) is 2.97. The molecule has 1 aliphatic rings. The molecule has 1 saturated heterocycles. The number of halogens is 1.